The van der Waals surface area contributed by atoms with E-state index in [9.17, 15) is 9.18 Å². The Morgan fingerprint density at radius 1 is 1.19 bits per heavy atom. The number of carboxylic acids is 1. The molecule has 158 valence electrons. The molecule has 4 rings (SSSR count). The fraction of sp³-hybridized carbons (Fsp3) is 0.130. The molecule has 0 saturated carbocycles. The molecule has 0 radical (unpaired) electrons. The van der Waals surface area contributed by atoms with E-state index in [2.05, 4.69) is 4.98 Å². The van der Waals surface area contributed by atoms with Crippen molar-refractivity contribution >= 4 is 39.0 Å². The molecule has 2 aromatic carbocycles. The number of fused-ring (bicyclic) bond motifs is 1. The Morgan fingerprint density at radius 2 is 2.00 bits per heavy atom. The summed E-state index contributed by atoms with van der Waals surface area (Å²) in [7, 11) is 0. The molecule has 0 unspecified atom stereocenters. The Hall–Kier alpha value is -3.00. The van der Waals surface area contributed by atoms with Gasteiger partial charge in [0.25, 0.3) is 0 Å². The van der Waals surface area contributed by atoms with Crippen LogP contribution in [0.15, 0.2) is 54.7 Å². The summed E-state index contributed by atoms with van der Waals surface area (Å²) >= 11 is 7.63. The molecule has 0 bridgehead atoms. The van der Waals surface area contributed by atoms with Crippen LogP contribution in [0.4, 0.5) is 4.39 Å². The lowest BCUT2D eigenvalue weighted by Crippen LogP contribution is -2.05. The second-order valence-corrected chi connectivity index (χ2v) is 8.61. The van der Waals surface area contributed by atoms with Crippen LogP contribution < -0.4 is 10.5 Å². The maximum absolute atomic E-state index is 15.0. The number of aliphatic carboxylic acids is 1. The number of carbonyl (C=O) groups is 1. The largest absolute Gasteiger partial charge is 0.489 e. The van der Waals surface area contributed by atoms with Gasteiger partial charge < -0.3 is 15.6 Å². The smallest absolute Gasteiger partial charge is 0.307 e. The third kappa shape index (κ3) is 4.54. The van der Waals surface area contributed by atoms with E-state index in [1.807, 2.05) is 18.2 Å². The minimum Gasteiger partial charge on any atom is -0.489 e. The van der Waals surface area contributed by atoms with Crippen molar-refractivity contribution in [1.82, 2.24) is 4.98 Å². The minimum absolute atomic E-state index is 0.00360. The fourth-order valence-electron chi connectivity index (χ4n) is 3.42. The summed E-state index contributed by atoms with van der Waals surface area (Å²) in [6, 6.07) is 14.2. The average Bonchev–Trinajstić information content (AvgIpc) is 3.12. The van der Waals surface area contributed by atoms with Gasteiger partial charge in [-0.1, -0.05) is 29.8 Å². The number of hydrogen-bond acceptors (Lipinski definition) is 5. The lowest BCUT2D eigenvalue weighted by atomic mass is 9.99. The zero-order valence-electron chi connectivity index (χ0n) is 16.3. The number of pyridine rings is 1. The highest BCUT2D eigenvalue weighted by Crippen LogP contribution is 2.39. The van der Waals surface area contributed by atoms with Gasteiger partial charge in [0.2, 0.25) is 0 Å². The first kappa shape index (κ1) is 21.2. The minimum atomic E-state index is -0.933. The van der Waals surface area contributed by atoms with Crippen LogP contribution in [0.3, 0.4) is 0 Å². The van der Waals surface area contributed by atoms with E-state index in [4.69, 9.17) is 27.2 Å². The second kappa shape index (κ2) is 9.01. The number of benzene rings is 2. The highest BCUT2D eigenvalue weighted by atomic mass is 35.5. The Morgan fingerprint density at radius 3 is 2.77 bits per heavy atom. The van der Waals surface area contributed by atoms with Crippen molar-refractivity contribution in [2.45, 2.75) is 19.6 Å². The first-order valence-electron chi connectivity index (χ1n) is 9.44. The molecule has 2 aromatic heterocycles. The standard InChI is InChI=1S/C23H18ClFN2O3S/c24-21-10-17-16(15-5-6-27-18(11-26)23(15)25)7-13(8-20(17)31-21)12-30-19-4-2-1-3-14(19)9-22(28)29/h1-8,10H,9,11-12,26H2,(H,28,29). The molecule has 2 heterocycles. The van der Waals surface area contributed by atoms with Gasteiger partial charge >= 0.3 is 5.97 Å². The summed E-state index contributed by atoms with van der Waals surface area (Å²) < 4.78 is 22.4. The highest BCUT2D eigenvalue weighted by Gasteiger charge is 2.16. The Kier molecular flexibility index (Phi) is 6.18. The molecule has 0 spiro atoms. The SMILES string of the molecule is NCc1nccc(-c2cc(COc3ccccc3CC(=O)O)cc3sc(Cl)cc23)c1F. The molecule has 0 aliphatic heterocycles. The van der Waals surface area contributed by atoms with E-state index in [-0.39, 0.29) is 25.3 Å². The van der Waals surface area contributed by atoms with Crippen molar-refractivity contribution < 1.29 is 19.0 Å². The average molecular weight is 457 g/mol. The van der Waals surface area contributed by atoms with E-state index in [1.165, 1.54) is 17.5 Å². The van der Waals surface area contributed by atoms with Crippen molar-refractivity contribution in [3.63, 3.8) is 0 Å². The van der Waals surface area contributed by atoms with Gasteiger partial charge in [-0.05, 0) is 41.5 Å². The van der Waals surface area contributed by atoms with Crippen LogP contribution in [0.1, 0.15) is 16.8 Å². The number of aromatic nitrogens is 1. The molecule has 0 aliphatic rings. The Bertz CT molecular complexity index is 1280. The maximum atomic E-state index is 15.0. The highest BCUT2D eigenvalue weighted by molar-refractivity contribution is 7.22. The van der Waals surface area contributed by atoms with Crippen LogP contribution in [0, 0.1) is 5.82 Å². The molecule has 31 heavy (non-hydrogen) atoms. The maximum Gasteiger partial charge on any atom is 0.307 e. The topological polar surface area (TPSA) is 85.4 Å². The number of ether oxygens (including phenoxy) is 1. The van der Waals surface area contributed by atoms with Crippen molar-refractivity contribution in [2.75, 3.05) is 0 Å². The van der Waals surface area contributed by atoms with Crippen molar-refractivity contribution in [2.24, 2.45) is 5.73 Å². The quantitative estimate of drug-likeness (QED) is 0.388. The predicted molar refractivity (Wildman–Crippen MR) is 120 cm³/mol. The predicted octanol–water partition coefficient (Wildman–Crippen LogP) is 5.42. The van der Waals surface area contributed by atoms with Gasteiger partial charge in [0.15, 0.2) is 5.82 Å². The monoisotopic (exact) mass is 456 g/mol. The third-order valence-electron chi connectivity index (χ3n) is 4.82. The van der Waals surface area contributed by atoms with E-state index in [0.29, 0.717) is 26.8 Å². The number of para-hydroxylation sites is 1. The van der Waals surface area contributed by atoms with E-state index in [0.717, 1.165) is 15.6 Å². The number of nitrogens with two attached hydrogens (primary N) is 1. The third-order valence-corrected chi connectivity index (χ3v) is 6.03. The summed E-state index contributed by atoms with van der Waals surface area (Å²) in [5, 5.41) is 9.94. The van der Waals surface area contributed by atoms with Crippen LogP contribution in [0.5, 0.6) is 5.75 Å². The summed E-state index contributed by atoms with van der Waals surface area (Å²) in [4.78, 5) is 15.1. The summed E-state index contributed by atoms with van der Waals surface area (Å²) in [5.41, 5.74) is 8.27. The Balaban J connectivity index is 1.73. The first-order chi connectivity index (χ1) is 15.0. The number of nitrogens with zero attached hydrogens (tertiary/aromatic N) is 1. The van der Waals surface area contributed by atoms with Crippen molar-refractivity contribution in [3.05, 3.63) is 81.7 Å². The van der Waals surface area contributed by atoms with Gasteiger partial charge in [0.05, 0.1) is 16.5 Å². The second-order valence-electron chi connectivity index (χ2n) is 6.90. The molecule has 0 amide bonds. The number of halogens is 2. The molecular formula is C23H18ClFN2O3S. The molecule has 0 saturated heterocycles. The lowest BCUT2D eigenvalue weighted by molar-refractivity contribution is -0.136. The summed E-state index contributed by atoms with van der Waals surface area (Å²) in [6.07, 6.45) is 1.40. The number of hydrogen-bond donors (Lipinski definition) is 2. The van der Waals surface area contributed by atoms with Crippen LogP contribution in [0.25, 0.3) is 21.2 Å². The van der Waals surface area contributed by atoms with E-state index < -0.39 is 11.8 Å². The van der Waals surface area contributed by atoms with Gasteiger partial charge in [-0.15, -0.1) is 11.3 Å². The molecule has 3 N–H and O–H groups in total. The van der Waals surface area contributed by atoms with Crippen LogP contribution in [-0.2, 0) is 24.4 Å². The van der Waals surface area contributed by atoms with Gasteiger partial charge in [-0.3, -0.25) is 9.78 Å². The molecule has 0 aliphatic carbocycles. The first-order valence-corrected chi connectivity index (χ1v) is 10.6. The lowest BCUT2D eigenvalue weighted by Gasteiger charge is -2.13. The number of carboxylic acid groups (broad SMARTS) is 1. The zero-order chi connectivity index (χ0) is 22.0. The van der Waals surface area contributed by atoms with Crippen molar-refractivity contribution in [3.8, 4) is 16.9 Å². The molecular weight excluding hydrogens is 439 g/mol. The fourth-order valence-corrected chi connectivity index (χ4v) is 4.66. The molecule has 0 fully saturated rings. The number of rotatable bonds is 7. The molecule has 8 heteroatoms. The van der Waals surface area contributed by atoms with Gasteiger partial charge in [-0.25, -0.2) is 4.39 Å². The van der Waals surface area contributed by atoms with Crippen LogP contribution >= 0.6 is 22.9 Å². The van der Waals surface area contributed by atoms with Gasteiger partial charge in [0, 0.05) is 34.0 Å². The summed E-state index contributed by atoms with van der Waals surface area (Å²) in [5.74, 6) is -0.897. The summed E-state index contributed by atoms with van der Waals surface area (Å²) in [6.45, 7) is 0.182. The molecule has 0 atom stereocenters. The van der Waals surface area contributed by atoms with Gasteiger partial charge in [-0.2, -0.15) is 0 Å². The Labute approximate surface area is 186 Å². The zero-order valence-corrected chi connectivity index (χ0v) is 17.8. The molecule has 5 nitrogen and oxygen atoms in total. The van der Waals surface area contributed by atoms with Crippen LogP contribution in [-0.4, -0.2) is 16.1 Å². The number of thiophene rings is 1. The van der Waals surface area contributed by atoms with E-state index in [1.54, 1.807) is 30.3 Å². The molecule has 4 aromatic rings. The van der Waals surface area contributed by atoms with Gasteiger partial charge in [0.1, 0.15) is 12.4 Å². The van der Waals surface area contributed by atoms with Crippen molar-refractivity contribution in [1.29, 1.82) is 0 Å². The normalized spacial score (nSPS) is 11.1. The van der Waals surface area contributed by atoms with Crippen LogP contribution in [0.2, 0.25) is 4.34 Å². The van der Waals surface area contributed by atoms with E-state index >= 15 is 0 Å².